The van der Waals surface area contributed by atoms with Crippen LogP contribution in [0.4, 0.5) is 0 Å². The highest BCUT2D eigenvalue weighted by Gasteiger charge is 2.00. The fourth-order valence-electron chi connectivity index (χ4n) is 0.689. The van der Waals surface area contributed by atoms with Gasteiger partial charge >= 0.3 is 0 Å². The van der Waals surface area contributed by atoms with E-state index in [1.54, 1.807) is 6.07 Å². The molecule has 0 spiro atoms. The third-order valence-electron chi connectivity index (χ3n) is 1.14. The van der Waals surface area contributed by atoms with Crippen molar-refractivity contribution in [3.8, 4) is 11.4 Å². The predicted octanol–water partition coefficient (Wildman–Crippen LogP) is 1.80. The minimum Gasteiger partial charge on any atom is -0.364 e. The van der Waals surface area contributed by atoms with Crippen molar-refractivity contribution in [1.29, 1.82) is 0 Å². The van der Waals surface area contributed by atoms with Crippen LogP contribution in [0.5, 0.6) is 0 Å². The zero-order chi connectivity index (χ0) is 6.81. The Morgan fingerprint density at radius 2 is 2.30 bits per heavy atom. The lowest BCUT2D eigenvalue weighted by atomic mass is 10.3. The Balaban J connectivity index is 2.48. The second-order valence-corrected chi connectivity index (χ2v) is 2.43. The van der Waals surface area contributed by atoms with Crippen LogP contribution in [0.1, 0.15) is 0 Å². The summed E-state index contributed by atoms with van der Waals surface area (Å²) in [5.41, 5.74) is 1.67. The lowest BCUT2D eigenvalue weighted by molar-refractivity contribution is 0.422. The Morgan fingerprint density at radius 3 is 2.90 bits per heavy atom. The van der Waals surface area contributed by atoms with Gasteiger partial charge in [-0.3, -0.25) is 0 Å². The number of hydrogen-bond acceptors (Lipinski definition) is 4. The molecule has 0 saturated carbocycles. The monoisotopic (exact) mass is 152 g/mol. The third kappa shape index (κ3) is 0.823. The molecule has 0 aliphatic carbocycles. The molecule has 10 heavy (non-hydrogen) atoms. The van der Waals surface area contributed by atoms with Gasteiger partial charge in [-0.1, -0.05) is 5.16 Å². The van der Waals surface area contributed by atoms with Crippen LogP contribution in [-0.4, -0.2) is 9.53 Å². The van der Waals surface area contributed by atoms with E-state index in [0.717, 1.165) is 11.4 Å². The average molecular weight is 152 g/mol. The Labute approximate surface area is 61.5 Å². The second-order valence-electron chi connectivity index (χ2n) is 1.77. The Kier molecular flexibility index (Phi) is 1.25. The van der Waals surface area contributed by atoms with Gasteiger partial charge in [-0.15, -0.1) is 0 Å². The Hall–Kier alpha value is -1.16. The molecule has 0 radical (unpaired) electrons. The first-order valence-electron chi connectivity index (χ1n) is 2.78. The van der Waals surface area contributed by atoms with Gasteiger partial charge in [0.15, 0.2) is 0 Å². The SMILES string of the molecule is c1cc(-c2ccsn2)no1. The van der Waals surface area contributed by atoms with E-state index in [9.17, 15) is 0 Å². The molecular weight excluding hydrogens is 148 g/mol. The maximum atomic E-state index is 4.65. The van der Waals surface area contributed by atoms with E-state index in [1.165, 1.54) is 17.8 Å². The number of aromatic nitrogens is 2. The van der Waals surface area contributed by atoms with E-state index >= 15 is 0 Å². The van der Waals surface area contributed by atoms with E-state index in [2.05, 4.69) is 14.1 Å². The quantitative estimate of drug-likeness (QED) is 0.625. The van der Waals surface area contributed by atoms with Gasteiger partial charge in [-0.25, -0.2) is 0 Å². The van der Waals surface area contributed by atoms with Crippen molar-refractivity contribution in [2.24, 2.45) is 0 Å². The average Bonchev–Trinajstić information content (AvgIpc) is 2.59. The molecule has 2 rings (SSSR count). The van der Waals surface area contributed by atoms with Gasteiger partial charge in [-0.2, -0.15) is 4.37 Å². The van der Waals surface area contributed by atoms with Crippen molar-refractivity contribution in [1.82, 2.24) is 9.53 Å². The van der Waals surface area contributed by atoms with Crippen LogP contribution < -0.4 is 0 Å². The predicted molar refractivity (Wildman–Crippen MR) is 37.6 cm³/mol. The molecule has 0 N–H and O–H groups in total. The van der Waals surface area contributed by atoms with Crippen molar-refractivity contribution in [3.63, 3.8) is 0 Å². The van der Waals surface area contributed by atoms with Gasteiger partial charge < -0.3 is 4.52 Å². The second kappa shape index (κ2) is 2.22. The highest BCUT2D eigenvalue weighted by molar-refractivity contribution is 7.03. The van der Waals surface area contributed by atoms with E-state index in [0.29, 0.717) is 0 Å². The van der Waals surface area contributed by atoms with Crippen LogP contribution in [0.3, 0.4) is 0 Å². The molecule has 0 saturated heterocycles. The van der Waals surface area contributed by atoms with Gasteiger partial charge in [-0.05, 0) is 17.6 Å². The molecule has 0 aliphatic heterocycles. The zero-order valence-electron chi connectivity index (χ0n) is 5.02. The summed E-state index contributed by atoms with van der Waals surface area (Å²) < 4.78 is 8.73. The van der Waals surface area contributed by atoms with E-state index in [1.807, 2.05) is 11.4 Å². The lowest BCUT2D eigenvalue weighted by Gasteiger charge is -1.80. The van der Waals surface area contributed by atoms with Crippen LogP contribution in [-0.2, 0) is 0 Å². The molecular formula is C6H4N2OS. The normalized spacial score (nSPS) is 10.0. The van der Waals surface area contributed by atoms with Gasteiger partial charge in [0.05, 0.1) is 0 Å². The lowest BCUT2D eigenvalue weighted by Crippen LogP contribution is -1.72. The number of nitrogens with zero attached hydrogens (tertiary/aromatic N) is 2. The molecule has 0 bridgehead atoms. The summed E-state index contributed by atoms with van der Waals surface area (Å²) in [5, 5.41) is 5.63. The molecule has 0 amide bonds. The Bertz CT molecular complexity index is 255. The smallest absolute Gasteiger partial charge is 0.133 e. The van der Waals surface area contributed by atoms with Crippen molar-refractivity contribution in [2.45, 2.75) is 0 Å². The standard InChI is InChI=1S/C6H4N2OS/c1-3-9-7-5(1)6-2-4-10-8-6/h1-4H. The van der Waals surface area contributed by atoms with Gasteiger partial charge in [0.1, 0.15) is 17.7 Å². The van der Waals surface area contributed by atoms with Crippen LogP contribution in [0.2, 0.25) is 0 Å². The van der Waals surface area contributed by atoms with Crippen LogP contribution in [0.15, 0.2) is 28.3 Å². The van der Waals surface area contributed by atoms with E-state index in [-0.39, 0.29) is 0 Å². The summed E-state index contributed by atoms with van der Waals surface area (Å²) in [7, 11) is 0. The molecule has 4 heteroatoms. The molecule has 2 heterocycles. The highest BCUT2D eigenvalue weighted by Crippen LogP contribution is 2.14. The van der Waals surface area contributed by atoms with Crippen molar-refractivity contribution < 1.29 is 4.52 Å². The maximum Gasteiger partial charge on any atom is 0.133 e. The molecule has 0 fully saturated rings. The molecule has 2 aromatic rings. The third-order valence-corrected chi connectivity index (χ3v) is 1.70. The molecule has 2 aromatic heterocycles. The molecule has 0 unspecified atom stereocenters. The van der Waals surface area contributed by atoms with Gasteiger partial charge in [0.25, 0.3) is 0 Å². The maximum absolute atomic E-state index is 4.65. The highest BCUT2D eigenvalue weighted by atomic mass is 32.1. The fourth-order valence-corrected chi connectivity index (χ4v) is 1.21. The van der Waals surface area contributed by atoms with Crippen LogP contribution in [0.25, 0.3) is 11.4 Å². The molecule has 50 valence electrons. The largest absolute Gasteiger partial charge is 0.364 e. The first-order chi connectivity index (χ1) is 4.97. The van der Waals surface area contributed by atoms with Gasteiger partial charge in [0.2, 0.25) is 0 Å². The van der Waals surface area contributed by atoms with E-state index < -0.39 is 0 Å². The van der Waals surface area contributed by atoms with E-state index in [4.69, 9.17) is 0 Å². The summed E-state index contributed by atoms with van der Waals surface area (Å²) in [6, 6.07) is 3.69. The number of hydrogen-bond donors (Lipinski definition) is 0. The minimum atomic E-state index is 0.793. The summed E-state index contributed by atoms with van der Waals surface area (Å²) >= 11 is 1.41. The number of rotatable bonds is 1. The summed E-state index contributed by atoms with van der Waals surface area (Å²) in [4.78, 5) is 0. The van der Waals surface area contributed by atoms with Crippen molar-refractivity contribution in [3.05, 3.63) is 23.8 Å². The summed E-state index contributed by atoms with van der Waals surface area (Å²) in [5.74, 6) is 0. The minimum absolute atomic E-state index is 0.793. The summed E-state index contributed by atoms with van der Waals surface area (Å²) in [6.07, 6.45) is 1.54. The molecule has 3 nitrogen and oxygen atoms in total. The first-order valence-corrected chi connectivity index (χ1v) is 3.61. The summed E-state index contributed by atoms with van der Waals surface area (Å²) in [6.45, 7) is 0. The van der Waals surface area contributed by atoms with Crippen LogP contribution >= 0.6 is 11.5 Å². The van der Waals surface area contributed by atoms with Gasteiger partial charge in [0, 0.05) is 11.4 Å². The zero-order valence-corrected chi connectivity index (χ0v) is 5.84. The van der Waals surface area contributed by atoms with Crippen molar-refractivity contribution in [2.75, 3.05) is 0 Å². The molecule has 0 aromatic carbocycles. The van der Waals surface area contributed by atoms with Crippen LogP contribution in [0, 0.1) is 0 Å². The first kappa shape index (κ1) is 5.61. The van der Waals surface area contributed by atoms with Crippen molar-refractivity contribution >= 4 is 11.5 Å². The molecule has 0 atom stereocenters. The molecule has 0 aliphatic rings. The topological polar surface area (TPSA) is 38.9 Å². The fraction of sp³-hybridized carbons (Fsp3) is 0. The Morgan fingerprint density at radius 1 is 1.30 bits per heavy atom.